The molecular formula is C24H28FN3O2. The summed E-state index contributed by atoms with van der Waals surface area (Å²) in [6, 6.07) is 15.7. The highest BCUT2D eigenvalue weighted by atomic mass is 19.1. The molecule has 2 aliphatic heterocycles. The van der Waals surface area contributed by atoms with Crippen LogP contribution in [0.15, 0.2) is 42.5 Å². The third-order valence-corrected chi connectivity index (χ3v) is 6.11. The first-order valence-electron chi connectivity index (χ1n) is 10.7. The van der Waals surface area contributed by atoms with E-state index in [1.54, 1.807) is 19.2 Å². The molecule has 2 aromatic rings. The van der Waals surface area contributed by atoms with Crippen molar-refractivity contribution in [3.05, 3.63) is 48.3 Å². The quantitative estimate of drug-likeness (QED) is 0.688. The SMILES string of the molecule is COc1ccc(F)c(N2CCC(Oc3ccc(N4CCCC4CC#N)cc3)CC2)c1. The van der Waals surface area contributed by atoms with E-state index in [1.165, 1.54) is 6.07 Å². The molecule has 2 saturated heterocycles. The second-order valence-electron chi connectivity index (χ2n) is 7.97. The summed E-state index contributed by atoms with van der Waals surface area (Å²) in [5, 5.41) is 9.02. The Labute approximate surface area is 177 Å². The molecule has 0 amide bonds. The minimum atomic E-state index is -0.220. The predicted octanol–water partition coefficient (Wildman–Crippen LogP) is 4.76. The van der Waals surface area contributed by atoms with Crippen LogP contribution in [0.2, 0.25) is 0 Å². The fraction of sp³-hybridized carbons (Fsp3) is 0.458. The lowest BCUT2D eigenvalue weighted by molar-refractivity contribution is 0.170. The standard InChI is InChI=1S/C24H28FN3O2/c1-29-22-8-9-23(25)24(17-22)27-15-11-21(12-16-27)30-20-6-4-19(5-7-20)28-14-2-3-18(28)10-13-26/h4-9,17-18,21H,2-3,10-12,14-16H2,1H3. The molecule has 0 bridgehead atoms. The zero-order valence-electron chi connectivity index (χ0n) is 17.4. The van der Waals surface area contributed by atoms with Crippen LogP contribution in [0.25, 0.3) is 0 Å². The lowest BCUT2D eigenvalue weighted by Crippen LogP contribution is -2.38. The third kappa shape index (κ3) is 4.46. The average molecular weight is 410 g/mol. The van der Waals surface area contributed by atoms with Gasteiger partial charge in [0.1, 0.15) is 23.4 Å². The van der Waals surface area contributed by atoms with Gasteiger partial charge in [0, 0.05) is 50.3 Å². The maximum atomic E-state index is 14.2. The Kier molecular flexibility index (Phi) is 6.27. The number of anilines is 2. The molecule has 2 aromatic carbocycles. The number of benzene rings is 2. The normalized spacial score (nSPS) is 19.6. The van der Waals surface area contributed by atoms with Gasteiger partial charge in [0.2, 0.25) is 0 Å². The highest BCUT2D eigenvalue weighted by Crippen LogP contribution is 2.31. The monoisotopic (exact) mass is 409 g/mol. The Balaban J connectivity index is 1.33. The Morgan fingerprint density at radius 2 is 1.77 bits per heavy atom. The van der Waals surface area contributed by atoms with Crippen molar-refractivity contribution in [1.82, 2.24) is 0 Å². The summed E-state index contributed by atoms with van der Waals surface area (Å²) < 4.78 is 25.6. The molecule has 0 aliphatic carbocycles. The minimum Gasteiger partial charge on any atom is -0.497 e. The number of nitrogens with zero attached hydrogens (tertiary/aromatic N) is 3. The Bertz CT molecular complexity index is 888. The molecule has 4 rings (SSSR count). The van der Waals surface area contributed by atoms with Crippen LogP contribution in [0.3, 0.4) is 0 Å². The number of nitriles is 1. The van der Waals surface area contributed by atoms with Gasteiger partial charge in [-0.3, -0.25) is 0 Å². The number of hydrogen-bond donors (Lipinski definition) is 0. The van der Waals surface area contributed by atoms with E-state index in [0.717, 1.165) is 56.8 Å². The van der Waals surface area contributed by atoms with Gasteiger partial charge in [-0.1, -0.05) is 0 Å². The van der Waals surface area contributed by atoms with Gasteiger partial charge >= 0.3 is 0 Å². The zero-order chi connectivity index (χ0) is 20.9. The molecule has 1 atom stereocenters. The van der Waals surface area contributed by atoms with E-state index >= 15 is 0 Å². The van der Waals surface area contributed by atoms with Crippen LogP contribution in [0.5, 0.6) is 11.5 Å². The number of halogens is 1. The highest BCUT2D eigenvalue weighted by molar-refractivity contribution is 5.53. The summed E-state index contributed by atoms with van der Waals surface area (Å²) in [5.41, 5.74) is 1.75. The molecule has 2 aliphatic rings. The van der Waals surface area contributed by atoms with E-state index in [0.29, 0.717) is 23.9 Å². The molecule has 158 valence electrons. The fourth-order valence-electron chi connectivity index (χ4n) is 4.48. The molecule has 0 radical (unpaired) electrons. The van der Waals surface area contributed by atoms with E-state index in [2.05, 4.69) is 28.0 Å². The van der Waals surface area contributed by atoms with Gasteiger partial charge in [-0.2, -0.15) is 5.26 Å². The second-order valence-corrected chi connectivity index (χ2v) is 7.97. The topological polar surface area (TPSA) is 48.7 Å². The van der Waals surface area contributed by atoms with E-state index in [-0.39, 0.29) is 11.9 Å². The van der Waals surface area contributed by atoms with Crippen molar-refractivity contribution >= 4 is 11.4 Å². The van der Waals surface area contributed by atoms with E-state index < -0.39 is 0 Å². The maximum absolute atomic E-state index is 14.2. The van der Waals surface area contributed by atoms with Crippen LogP contribution in [-0.2, 0) is 0 Å². The van der Waals surface area contributed by atoms with Gasteiger partial charge in [0.05, 0.1) is 25.3 Å². The van der Waals surface area contributed by atoms with Crippen LogP contribution in [0, 0.1) is 17.1 Å². The molecule has 0 aromatic heterocycles. The largest absolute Gasteiger partial charge is 0.497 e. The maximum Gasteiger partial charge on any atom is 0.146 e. The fourth-order valence-corrected chi connectivity index (χ4v) is 4.48. The smallest absolute Gasteiger partial charge is 0.146 e. The van der Waals surface area contributed by atoms with Crippen molar-refractivity contribution in [2.24, 2.45) is 0 Å². The molecule has 0 spiro atoms. The lowest BCUT2D eigenvalue weighted by atomic mass is 10.1. The van der Waals surface area contributed by atoms with Crippen molar-refractivity contribution in [1.29, 1.82) is 5.26 Å². The number of piperidine rings is 1. The van der Waals surface area contributed by atoms with E-state index in [4.69, 9.17) is 14.7 Å². The summed E-state index contributed by atoms with van der Waals surface area (Å²) in [6.45, 7) is 2.50. The Hall–Kier alpha value is -2.94. The van der Waals surface area contributed by atoms with Gasteiger partial charge in [-0.25, -0.2) is 4.39 Å². The molecule has 2 fully saturated rings. The molecule has 1 unspecified atom stereocenters. The molecule has 2 heterocycles. The number of hydrogen-bond acceptors (Lipinski definition) is 5. The van der Waals surface area contributed by atoms with Crippen molar-refractivity contribution in [3.63, 3.8) is 0 Å². The second kappa shape index (κ2) is 9.25. The first kappa shape index (κ1) is 20.3. The number of ether oxygens (including phenoxy) is 2. The van der Waals surface area contributed by atoms with Gasteiger partial charge in [0.25, 0.3) is 0 Å². The van der Waals surface area contributed by atoms with Crippen LogP contribution in [0.1, 0.15) is 32.1 Å². The van der Waals surface area contributed by atoms with Crippen LogP contribution in [0.4, 0.5) is 15.8 Å². The number of rotatable bonds is 6. The van der Waals surface area contributed by atoms with Crippen molar-refractivity contribution in [3.8, 4) is 17.6 Å². The average Bonchev–Trinajstić information content (AvgIpc) is 3.24. The van der Waals surface area contributed by atoms with Crippen molar-refractivity contribution in [2.75, 3.05) is 36.5 Å². The molecular weight excluding hydrogens is 381 g/mol. The van der Waals surface area contributed by atoms with E-state index in [1.807, 2.05) is 12.1 Å². The Morgan fingerprint density at radius 3 is 2.47 bits per heavy atom. The van der Waals surface area contributed by atoms with Gasteiger partial charge in [0.15, 0.2) is 0 Å². The summed E-state index contributed by atoms with van der Waals surface area (Å²) in [5.74, 6) is 1.31. The van der Waals surface area contributed by atoms with Gasteiger partial charge in [-0.15, -0.1) is 0 Å². The predicted molar refractivity (Wildman–Crippen MR) is 116 cm³/mol. The molecule has 30 heavy (non-hydrogen) atoms. The molecule has 6 heteroatoms. The summed E-state index contributed by atoms with van der Waals surface area (Å²) in [4.78, 5) is 4.39. The minimum absolute atomic E-state index is 0.124. The lowest BCUT2D eigenvalue weighted by Gasteiger charge is -2.34. The highest BCUT2D eigenvalue weighted by Gasteiger charge is 2.25. The first-order chi connectivity index (χ1) is 14.7. The molecule has 0 N–H and O–H groups in total. The van der Waals surface area contributed by atoms with E-state index in [9.17, 15) is 4.39 Å². The van der Waals surface area contributed by atoms with Crippen LogP contribution < -0.4 is 19.3 Å². The van der Waals surface area contributed by atoms with Gasteiger partial charge in [-0.05, 0) is 49.2 Å². The zero-order valence-corrected chi connectivity index (χ0v) is 17.4. The third-order valence-electron chi connectivity index (χ3n) is 6.11. The van der Waals surface area contributed by atoms with Gasteiger partial charge < -0.3 is 19.3 Å². The summed E-state index contributed by atoms with van der Waals surface area (Å²) in [7, 11) is 1.59. The van der Waals surface area contributed by atoms with Crippen molar-refractivity contribution < 1.29 is 13.9 Å². The molecule has 5 nitrogen and oxygen atoms in total. The first-order valence-corrected chi connectivity index (χ1v) is 10.7. The van der Waals surface area contributed by atoms with Crippen LogP contribution >= 0.6 is 0 Å². The summed E-state index contributed by atoms with van der Waals surface area (Å²) in [6.07, 6.45) is 4.60. The van der Waals surface area contributed by atoms with Crippen LogP contribution in [-0.4, -0.2) is 38.9 Å². The van der Waals surface area contributed by atoms with Crippen molar-refractivity contribution in [2.45, 2.75) is 44.2 Å². The Morgan fingerprint density at radius 1 is 1.03 bits per heavy atom. The number of methoxy groups -OCH3 is 1. The molecule has 0 saturated carbocycles. The summed E-state index contributed by atoms with van der Waals surface area (Å²) >= 11 is 0.